The van der Waals surface area contributed by atoms with Gasteiger partial charge >= 0.3 is 5.97 Å². The van der Waals surface area contributed by atoms with Crippen LogP contribution in [0.3, 0.4) is 0 Å². The van der Waals surface area contributed by atoms with Crippen LogP contribution in [0, 0.1) is 0 Å². The molecule has 2 atom stereocenters. The van der Waals surface area contributed by atoms with Crippen LogP contribution in [0.5, 0.6) is 0 Å². The fraction of sp³-hybridized carbons (Fsp3) is 0.300. The number of carbonyl (C=O) groups is 3. The van der Waals surface area contributed by atoms with E-state index in [0.29, 0.717) is 17.7 Å². The summed E-state index contributed by atoms with van der Waals surface area (Å²) in [5.74, 6) is 0.00834. The molecule has 3 aromatic rings. The van der Waals surface area contributed by atoms with Crippen molar-refractivity contribution in [2.24, 2.45) is 0 Å². The van der Waals surface area contributed by atoms with Gasteiger partial charge in [-0.15, -0.1) is 0 Å². The van der Waals surface area contributed by atoms with Crippen LogP contribution in [-0.2, 0) is 27.4 Å². The Morgan fingerprint density at radius 2 is 1.38 bits per heavy atom. The third-order valence-corrected chi connectivity index (χ3v) is 6.84. The van der Waals surface area contributed by atoms with Gasteiger partial charge in [-0.1, -0.05) is 92.2 Å². The van der Waals surface area contributed by atoms with E-state index in [4.69, 9.17) is 4.74 Å². The third-order valence-electron chi connectivity index (χ3n) is 5.69. The number of hydrogen-bond donors (Lipinski definition) is 2. The maximum absolute atomic E-state index is 13.4. The molecule has 0 spiro atoms. The second-order valence-corrected chi connectivity index (χ2v) is 9.81. The van der Waals surface area contributed by atoms with Crippen LogP contribution in [0.4, 0.5) is 0 Å². The maximum atomic E-state index is 13.4. The fourth-order valence-corrected chi connectivity index (χ4v) is 4.72. The Balaban J connectivity index is 1.72. The topological polar surface area (TPSA) is 84.5 Å². The van der Waals surface area contributed by atoms with Gasteiger partial charge < -0.3 is 15.4 Å². The molecule has 194 valence electrons. The lowest BCUT2D eigenvalue weighted by molar-refractivity contribution is -0.148. The van der Waals surface area contributed by atoms with E-state index >= 15 is 0 Å². The van der Waals surface area contributed by atoms with Crippen molar-refractivity contribution in [3.8, 4) is 0 Å². The lowest BCUT2D eigenvalue weighted by Crippen LogP contribution is -2.53. The SMILES string of the molecule is CCCCSC[C@H](NC(=O)[C@H](Cc1ccccc1)NC(=O)c1ccccc1)C(=O)OCc1ccccc1. The van der Waals surface area contributed by atoms with E-state index in [1.807, 2.05) is 66.7 Å². The first kappa shape index (κ1) is 28.0. The van der Waals surface area contributed by atoms with Crippen molar-refractivity contribution in [1.29, 1.82) is 0 Å². The van der Waals surface area contributed by atoms with E-state index in [0.717, 1.165) is 29.7 Å². The Labute approximate surface area is 223 Å². The molecule has 0 heterocycles. The highest BCUT2D eigenvalue weighted by atomic mass is 32.2. The molecule has 0 bridgehead atoms. The number of nitrogens with one attached hydrogen (secondary N) is 2. The molecule has 0 aromatic heterocycles. The van der Waals surface area contributed by atoms with Crippen LogP contribution in [-0.4, -0.2) is 41.4 Å². The number of hydrogen-bond acceptors (Lipinski definition) is 5. The van der Waals surface area contributed by atoms with Crippen molar-refractivity contribution in [3.05, 3.63) is 108 Å². The van der Waals surface area contributed by atoms with Gasteiger partial charge in [-0.25, -0.2) is 4.79 Å². The third kappa shape index (κ3) is 9.77. The van der Waals surface area contributed by atoms with Gasteiger partial charge in [0, 0.05) is 17.7 Å². The van der Waals surface area contributed by atoms with Crippen LogP contribution in [0.2, 0.25) is 0 Å². The molecule has 0 unspecified atom stereocenters. The van der Waals surface area contributed by atoms with Crippen LogP contribution in [0.25, 0.3) is 0 Å². The predicted octanol–water partition coefficient (Wildman–Crippen LogP) is 4.79. The maximum Gasteiger partial charge on any atom is 0.329 e. The lowest BCUT2D eigenvalue weighted by atomic mass is 10.0. The molecule has 7 heteroatoms. The van der Waals surface area contributed by atoms with E-state index in [1.165, 1.54) is 0 Å². The lowest BCUT2D eigenvalue weighted by Gasteiger charge is -2.23. The van der Waals surface area contributed by atoms with Gasteiger partial charge in [0.25, 0.3) is 5.91 Å². The first-order valence-electron chi connectivity index (χ1n) is 12.5. The molecule has 2 N–H and O–H groups in total. The molecular formula is C30H34N2O4S. The average Bonchev–Trinajstić information content (AvgIpc) is 2.94. The Hall–Kier alpha value is -3.58. The molecule has 0 radical (unpaired) electrons. The van der Waals surface area contributed by atoms with Crippen molar-refractivity contribution in [1.82, 2.24) is 10.6 Å². The molecule has 2 amide bonds. The van der Waals surface area contributed by atoms with Gasteiger partial charge in [-0.3, -0.25) is 9.59 Å². The van der Waals surface area contributed by atoms with E-state index in [1.54, 1.807) is 36.0 Å². The summed E-state index contributed by atoms with van der Waals surface area (Å²) in [6.07, 6.45) is 2.36. The standard InChI is InChI=1S/C30H34N2O4S/c1-2-3-19-37-22-27(30(35)36-21-24-15-9-5-10-16-24)32-29(34)26(20-23-13-7-4-8-14-23)31-28(33)25-17-11-6-12-18-25/h4-18,26-27H,2-3,19-22H2,1H3,(H,31,33)(H,32,34)/t26-,27-/m0/s1. The summed E-state index contributed by atoms with van der Waals surface area (Å²) in [6.45, 7) is 2.24. The largest absolute Gasteiger partial charge is 0.459 e. The zero-order chi connectivity index (χ0) is 26.3. The van der Waals surface area contributed by atoms with Crippen LogP contribution in [0.15, 0.2) is 91.0 Å². The van der Waals surface area contributed by atoms with Crippen molar-refractivity contribution < 1.29 is 19.1 Å². The molecule has 0 saturated carbocycles. The molecule has 0 aliphatic rings. The Kier molecular flexibility index (Phi) is 11.7. The zero-order valence-corrected chi connectivity index (χ0v) is 21.9. The Morgan fingerprint density at radius 3 is 2.00 bits per heavy atom. The van der Waals surface area contributed by atoms with E-state index in [-0.39, 0.29) is 12.5 Å². The summed E-state index contributed by atoms with van der Waals surface area (Å²) in [6, 6.07) is 26.0. The van der Waals surface area contributed by atoms with E-state index in [9.17, 15) is 14.4 Å². The highest BCUT2D eigenvalue weighted by Crippen LogP contribution is 2.11. The van der Waals surface area contributed by atoms with Gasteiger partial charge in [0.2, 0.25) is 5.91 Å². The Morgan fingerprint density at radius 1 is 0.784 bits per heavy atom. The summed E-state index contributed by atoms with van der Waals surface area (Å²) in [4.78, 5) is 39.3. The molecule has 37 heavy (non-hydrogen) atoms. The minimum atomic E-state index is -0.861. The number of ether oxygens (including phenoxy) is 1. The monoisotopic (exact) mass is 518 g/mol. The van der Waals surface area contributed by atoms with Crippen LogP contribution in [0.1, 0.15) is 41.3 Å². The van der Waals surface area contributed by atoms with Gasteiger partial charge in [0.15, 0.2) is 0 Å². The summed E-state index contributed by atoms with van der Waals surface area (Å²) in [7, 11) is 0. The number of rotatable bonds is 14. The van der Waals surface area contributed by atoms with Crippen LogP contribution < -0.4 is 10.6 Å². The van der Waals surface area contributed by atoms with Gasteiger partial charge in [0.05, 0.1) is 0 Å². The minimum Gasteiger partial charge on any atom is -0.459 e. The second kappa shape index (κ2) is 15.5. The summed E-state index contributed by atoms with van der Waals surface area (Å²) in [5, 5.41) is 5.71. The smallest absolute Gasteiger partial charge is 0.329 e. The number of thioether (sulfide) groups is 1. The second-order valence-electron chi connectivity index (χ2n) is 8.66. The molecular weight excluding hydrogens is 484 g/mol. The number of carbonyl (C=O) groups excluding carboxylic acids is 3. The molecule has 0 fully saturated rings. The van der Waals surface area contributed by atoms with Crippen LogP contribution >= 0.6 is 11.8 Å². The molecule has 0 aliphatic carbocycles. The van der Waals surface area contributed by atoms with Gasteiger partial charge in [-0.05, 0) is 35.4 Å². The number of esters is 1. The Bertz CT molecular complexity index is 1110. The van der Waals surface area contributed by atoms with Crippen molar-refractivity contribution >= 4 is 29.5 Å². The first-order valence-corrected chi connectivity index (χ1v) is 13.7. The predicted molar refractivity (Wildman–Crippen MR) is 148 cm³/mol. The molecule has 0 saturated heterocycles. The fourth-order valence-electron chi connectivity index (χ4n) is 3.61. The molecule has 0 aliphatic heterocycles. The molecule has 6 nitrogen and oxygen atoms in total. The summed E-state index contributed by atoms with van der Waals surface area (Å²) in [5.41, 5.74) is 2.23. The van der Waals surface area contributed by atoms with Crippen molar-refractivity contribution in [2.75, 3.05) is 11.5 Å². The van der Waals surface area contributed by atoms with Gasteiger partial charge in [-0.2, -0.15) is 11.8 Å². The molecule has 3 aromatic carbocycles. The van der Waals surface area contributed by atoms with Crippen molar-refractivity contribution in [2.45, 2.75) is 44.9 Å². The zero-order valence-electron chi connectivity index (χ0n) is 21.1. The summed E-state index contributed by atoms with van der Waals surface area (Å²) >= 11 is 1.60. The minimum absolute atomic E-state index is 0.129. The number of benzene rings is 3. The summed E-state index contributed by atoms with van der Waals surface area (Å²) < 4.78 is 5.54. The number of unbranched alkanes of at least 4 members (excludes halogenated alkanes) is 1. The van der Waals surface area contributed by atoms with E-state index < -0.39 is 24.0 Å². The molecule has 3 rings (SSSR count). The first-order chi connectivity index (χ1) is 18.1. The van der Waals surface area contributed by atoms with Crippen molar-refractivity contribution in [3.63, 3.8) is 0 Å². The average molecular weight is 519 g/mol. The highest BCUT2D eigenvalue weighted by Gasteiger charge is 2.28. The van der Waals surface area contributed by atoms with E-state index in [2.05, 4.69) is 17.6 Å². The quantitative estimate of drug-likeness (QED) is 0.237. The number of amides is 2. The van der Waals surface area contributed by atoms with Gasteiger partial charge in [0.1, 0.15) is 18.7 Å². The highest BCUT2D eigenvalue weighted by molar-refractivity contribution is 7.99. The normalized spacial score (nSPS) is 12.2.